The third-order valence-electron chi connectivity index (χ3n) is 4.47. The van der Waals surface area contributed by atoms with Crippen LogP contribution in [0.3, 0.4) is 0 Å². The molecule has 2 unspecified atom stereocenters. The fourth-order valence-corrected chi connectivity index (χ4v) is 3.58. The minimum absolute atomic E-state index is 0.0400. The highest BCUT2D eigenvalue weighted by molar-refractivity contribution is 7.90. The molecule has 164 valence electrons. The van der Waals surface area contributed by atoms with Crippen molar-refractivity contribution in [3.8, 4) is 6.07 Å². The Kier molecular flexibility index (Phi) is 7.20. The van der Waals surface area contributed by atoms with E-state index in [4.69, 9.17) is 5.73 Å². The molecule has 2 aromatic rings. The molecule has 2 rings (SSSR count). The maximum absolute atomic E-state index is 11.8. The molecular formula is C20H23N5O5S. The molecule has 0 radical (unpaired) electrons. The van der Waals surface area contributed by atoms with Crippen molar-refractivity contribution in [2.24, 2.45) is 11.7 Å². The summed E-state index contributed by atoms with van der Waals surface area (Å²) in [5, 5.41) is 24.9. The van der Waals surface area contributed by atoms with E-state index >= 15 is 0 Å². The van der Waals surface area contributed by atoms with Crippen molar-refractivity contribution < 1.29 is 23.1 Å². The largest absolute Gasteiger partial charge is 0.478 e. The van der Waals surface area contributed by atoms with E-state index in [9.17, 15) is 28.4 Å². The average molecular weight is 446 g/mol. The fraction of sp³-hybridized carbons (Fsp3) is 0.300. The molecule has 0 aliphatic rings. The molecule has 0 fully saturated rings. The first-order chi connectivity index (χ1) is 14.4. The van der Waals surface area contributed by atoms with E-state index in [-0.39, 0.29) is 39.4 Å². The Labute approximate surface area is 180 Å². The lowest BCUT2D eigenvalue weighted by molar-refractivity contribution is -0.121. The topological polar surface area (TPSA) is 175 Å². The van der Waals surface area contributed by atoms with Crippen LogP contribution in [0.4, 0.5) is 17.3 Å². The van der Waals surface area contributed by atoms with Crippen LogP contribution in [0.25, 0.3) is 0 Å². The third-order valence-corrected chi connectivity index (χ3v) is 5.58. The number of carbonyl (C=O) groups excluding carboxylic acids is 1. The zero-order valence-corrected chi connectivity index (χ0v) is 18.0. The van der Waals surface area contributed by atoms with Crippen LogP contribution in [0.1, 0.15) is 36.2 Å². The first kappa shape index (κ1) is 23.6. The summed E-state index contributed by atoms with van der Waals surface area (Å²) < 4.78 is 23.6. The Morgan fingerprint density at radius 3 is 2.52 bits per heavy atom. The molecular weight excluding hydrogens is 422 g/mol. The van der Waals surface area contributed by atoms with Crippen LogP contribution in [0.2, 0.25) is 0 Å². The number of nitrogens with two attached hydrogens (primary N) is 1. The fourth-order valence-electron chi connectivity index (χ4n) is 2.91. The zero-order valence-electron chi connectivity index (χ0n) is 17.2. The van der Waals surface area contributed by atoms with Gasteiger partial charge >= 0.3 is 5.97 Å². The number of nitrogens with zero attached hydrogens (tertiary/aromatic N) is 2. The molecule has 0 saturated heterocycles. The number of hydrogen-bond donors (Lipinski definition) is 4. The number of aromatic carboxylic acids is 1. The number of aromatic nitrogens is 1. The summed E-state index contributed by atoms with van der Waals surface area (Å²) in [5.74, 6) is -2.13. The number of nitriles is 1. The molecule has 0 bridgehead atoms. The lowest BCUT2D eigenvalue weighted by atomic mass is 10.0. The third kappa shape index (κ3) is 6.16. The first-order valence-electron chi connectivity index (χ1n) is 9.23. The van der Waals surface area contributed by atoms with E-state index < -0.39 is 27.6 Å². The summed E-state index contributed by atoms with van der Waals surface area (Å²) in [6, 6.07) is 8.68. The number of primary amides is 1. The van der Waals surface area contributed by atoms with Crippen LogP contribution < -0.4 is 16.4 Å². The molecule has 0 spiro atoms. The second-order valence-electron chi connectivity index (χ2n) is 7.21. The summed E-state index contributed by atoms with van der Waals surface area (Å²) >= 11 is 0. The number of amides is 1. The number of anilines is 3. The van der Waals surface area contributed by atoms with Crippen molar-refractivity contribution in [2.45, 2.75) is 31.2 Å². The van der Waals surface area contributed by atoms with Crippen LogP contribution in [0, 0.1) is 17.2 Å². The summed E-state index contributed by atoms with van der Waals surface area (Å²) in [7, 11) is -3.48. The Bertz CT molecular complexity index is 1160. The number of rotatable bonds is 9. The molecule has 5 N–H and O–H groups in total. The second-order valence-corrected chi connectivity index (χ2v) is 9.22. The maximum atomic E-state index is 11.8. The number of sulfone groups is 1. The molecule has 1 amide bonds. The minimum Gasteiger partial charge on any atom is -0.478 e. The first-order valence-corrected chi connectivity index (χ1v) is 11.1. The number of benzene rings is 1. The predicted molar refractivity (Wildman–Crippen MR) is 115 cm³/mol. The van der Waals surface area contributed by atoms with Gasteiger partial charge in [0.2, 0.25) is 5.91 Å². The summed E-state index contributed by atoms with van der Waals surface area (Å²) in [5.41, 5.74) is 5.08. The van der Waals surface area contributed by atoms with Crippen molar-refractivity contribution in [1.82, 2.24) is 4.98 Å². The standard InChI is InChI=1S/C20H23N5O5S/c1-11(18(22)26)7-12(2)23-16-8-13(10-21)17(20(27)28)19(25-16)24-14-5-4-6-15(9-14)31(3,29)30/h4-6,8-9,11-12H,7H2,1-3H3,(H2,22,26)(H,27,28)(H2,23,24,25). The normalized spacial score (nSPS) is 13.0. The molecule has 0 aliphatic heterocycles. The predicted octanol–water partition coefficient (Wildman–Crippen LogP) is 2.11. The number of carbonyl (C=O) groups is 2. The van der Waals surface area contributed by atoms with Gasteiger partial charge in [-0.1, -0.05) is 13.0 Å². The zero-order chi connectivity index (χ0) is 23.3. The van der Waals surface area contributed by atoms with Gasteiger partial charge < -0.3 is 21.5 Å². The monoisotopic (exact) mass is 445 g/mol. The van der Waals surface area contributed by atoms with Crippen LogP contribution in [0.15, 0.2) is 35.2 Å². The summed E-state index contributed by atoms with van der Waals surface area (Å²) in [6.07, 6.45) is 1.46. The van der Waals surface area contributed by atoms with Gasteiger partial charge in [0.25, 0.3) is 0 Å². The molecule has 0 aliphatic carbocycles. The van der Waals surface area contributed by atoms with Crippen LogP contribution in [-0.4, -0.2) is 42.7 Å². The number of carboxylic acids is 1. The summed E-state index contributed by atoms with van der Waals surface area (Å²) in [4.78, 5) is 27.4. The molecule has 11 heteroatoms. The molecule has 1 aromatic heterocycles. The van der Waals surface area contributed by atoms with Crippen molar-refractivity contribution in [2.75, 3.05) is 16.9 Å². The smallest absolute Gasteiger partial charge is 0.340 e. The van der Waals surface area contributed by atoms with Crippen molar-refractivity contribution in [1.29, 1.82) is 5.26 Å². The Hall–Kier alpha value is -3.65. The van der Waals surface area contributed by atoms with Gasteiger partial charge in [-0.3, -0.25) is 4.79 Å². The molecule has 1 heterocycles. The van der Waals surface area contributed by atoms with Crippen molar-refractivity contribution in [3.63, 3.8) is 0 Å². The second kappa shape index (κ2) is 9.44. The highest BCUT2D eigenvalue weighted by atomic mass is 32.2. The lowest BCUT2D eigenvalue weighted by Crippen LogP contribution is -2.27. The Morgan fingerprint density at radius 1 is 1.29 bits per heavy atom. The summed E-state index contributed by atoms with van der Waals surface area (Å²) in [6.45, 7) is 3.48. The van der Waals surface area contributed by atoms with E-state index in [1.165, 1.54) is 24.3 Å². The molecule has 10 nitrogen and oxygen atoms in total. The van der Waals surface area contributed by atoms with E-state index in [1.54, 1.807) is 19.9 Å². The highest BCUT2D eigenvalue weighted by Gasteiger charge is 2.21. The van der Waals surface area contributed by atoms with E-state index in [2.05, 4.69) is 15.6 Å². The van der Waals surface area contributed by atoms with Crippen molar-refractivity contribution in [3.05, 3.63) is 41.5 Å². The van der Waals surface area contributed by atoms with Gasteiger partial charge in [-0.05, 0) is 37.6 Å². The molecule has 2 atom stereocenters. The van der Waals surface area contributed by atoms with Crippen LogP contribution in [0.5, 0.6) is 0 Å². The molecule has 1 aromatic carbocycles. The number of carboxylic acid groups (broad SMARTS) is 1. The quantitative estimate of drug-likeness (QED) is 0.450. The number of nitrogens with one attached hydrogen (secondary N) is 2. The Balaban J connectivity index is 2.46. The number of hydrogen-bond acceptors (Lipinski definition) is 8. The van der Waals surface area contributed by atoms with E-state index in [0.717, 1.165) is 6.26 Å². The minimum atomic E-state index is -3.48. The van der Waals surface area contributed by atoms with Gasteiger partial charge in [-0.2, -0.15) is 5.26 Å². The molecule has 31 heavy (non-hydrogen) atoms. The highest BCUT2D eigenvalue weighted by Crippen LogP contribution is 2.27. The van der Waals surface area contributed by atoms with Gasteiger partial charge in [0.15, 0.2) is 9.84 Å². The van der Waals surface area contributed by atoms with Gasteiger partial charge in [0.05, 0.1) is 10.5 Å². The van der Waals surface area contributed by atoms with E-state index in [0.29, 0.717) is 6.42 Å². The van der Waals surface area contributed by atoms with E-state index in [1.807, 2.05) is 6.07 Å². The van der Waals surface area contributed by atoms with Crippen molar-refractivity contribution >= 4 is 39.0 Å². The lowest BCUT2D eigenvalue weighted by Gasteiger charge is -2.19. The Morgan fingerprint density at radius 2 is 1.97 bits per heavy atom. The van der Waals surface area contributed by atoms with Crippen LogP contribution in [-0.2, 0) is 14.6 Å². The van der Waals surface area contributed by atoms with Crippen LogP contribution >= 0.6 is 0 Å². The maximum Gasteiger partial charge on any atom is 0.340 e. The van der Waals surface area contributed by atoms with Gasteiger partial charge in [-0.15, -0.1) is 0 Å². The van der Waals surface area contributed by atoms with Gasteiger partial charge in [0.1, 0.15) is 23.3 Å². The average Bonchev–Trinajstić information content (AvgIpc) is 2.66. The van der Waals surface area contributed by atoms with Gasteiger partial charge in [0, 0.05) is 23.9 Å². The van der Waals surface area contributed by atoms with Gasteiger partial charge in [-0.25, -0.2) is 18.2 Å². The SMILES string of the molecule is CC(CC(C)C(N)=O)Nc1cc(C#N)c(C(=O)O)c(Nc2cccc(S(C)(=O)=O)c2)n1. The molecule has 0 saturated carbocycles. The number of pyridine rings is 1.